The van der Waals surface area contributed by atoms with Crippen molar-refractivity contribution < 1.29 is 9.59 Å². The van der Waals surface area contributed by atoms with Gasteiger partial charge in [0.05, 0.1) is 6.54 Å². The lowest BCUT2D eigenvalue weighted by atomic mass is 10.2. The maximum atomic E-state index is 11.1. The zero-order valence-corrected chi connectivity index (χ0v) is 8.96. The first-order valence-corrected chi connectivity index (χ1v) is 4.73. The van der Waals surface area contributed by atoms with Gasteiger partial charge in [-0.05, 0) is 20.8 Å². The molecule has 5 nitrogen and oxygen atoms in total. The first-order chi connectivity index (χ1) is 6.41. The van der Waals surface area contributed by atoms with Gasteiger partial charge in [-0.1, -0.05) is 0 Å². The number of hydrogen-bond acceptors (Lipinski definition) is 3. The van der Waals surface area contributed by atoms with E-state index in [4.69, 9.17) is 5.73 Å². The molecule has 0 fully saturated rings. The van der Waals surface area contributed by atoms with Gasteiger partial charge >= 0.3 is 0 Å². The quantitative estimate of drug-likeness (QED) is 0.553. The Kier molecular flexibility index (Phi) is 5.87. The fourth-order valence-corrected chi connectivity index (χ4v) is 0.916. The summed E-state index contributed by atoms with van der Waals surface area (Å²) in [6.45, 7) is 5.49. The zero-order valence-electron chi connectivity index (χ0n) is 8.96. The highest BCUT2D eigenvalue weighted by molar-refractivity contribution is 5.84. The van der Waals surface area contributed by atoms with Gasteiger partial charge in [0.2, 0.25) is 11.8 Å². The molecule has 82 valence electrons. The molecular weight excluding hydrogens is 182 g/mol. The van der Waals surface area contributed by atoms with Gasteiger partial charge in [-0.3, -0.25) is 9.59 Å². The second kappa shape index (κ2) is 6.37. The van der Waals surface area contributed by atoms with Crippen LogP contribution in [-0.4, -0.2) is 30.4 Å². The summed E-state index contributed by atoms with van der Waals surface area (Å²) in [7, 11) is 0. The van der Waals surface area contributed by atoms with Crippen molar-refractivity contribution in [1.82, 2.24) is 10.6 Å². The van der Waals surface area contributed by atoms with Crippen LogP contribution in [0.25, 0.3) is 0 Å². The number of amides is 2. The van der Waals surface area contributed by atoms with Crippen molar-refractivity contribution in [1.29, 1.82) is 0 Å². The normalized spacial score (nSPS) is 12.4. The smallest absolute Gasteiger partial charge is 0.239 e. The van der Waals surface area contributed by atoms with E-state index in [0.717, 1.165) is 0 Å². The largest absolute Gasteiger partial charge is 0.352 e. The van der Waals surface area contributed by atoms with E-state index < -0.39 is 0 Å². The molecule has 0 aliphatic rings. The summed E-state index contributed by atoms with van der Waals surface area (Å²) in [6.07, 6.45) is 0.245. The Morgan fingerprint density at radius 3 is 2.21 bits per heavy atom. The second-order valence-corrected chi connectivity index (χ2v) is 3.68. The third-order valence-electron chi connectivity index (χ3n) is 1.40. The maximum Gasteiger partial charge on any atom is 0.239 e. The first kappa shape index (κ1) is 12.9. The number of rotatable bonds is 5. The zero-order chi connectivity index (χ0) is 11.1. The number of hydrogen-bond donors (Lipinski definition) is 3. The SMILES string of the molecule is CC(N)CC(=O)NCC(=O)NC(C)C. The van der Waals surface area contributed by atoms with E-state index in [1.54, 1.807) is 6.92 Å². The van der Waals surface area contributed by atoms with Crippen LogP contribution in [0.2, 0.25) is 0 Å². The van der Waals surface area contributed by atoms with Crippen LogP contribution in [0.3, 0.4) is 0 Å². The fourth-order valence-electron chi connectivity index (χ4n) is 0.916. The van der Waals surface area contributed by atoms with E-state index in [0.29, 0.717) is 0 Å². The Morgan fingerprint density at radius 2 is 1.79 bits per heavy atom. The summed E-state index contributed by atoms with van der Waals surface area (Å²) in [5, 5.41) is 5.15. The lowest BCUT2D eigenvalue weighted by Crippen LogP contribution is -2.40. The van der Waals surface area contributed by atoms with Gasteiger partial charge in [0.25, 0.3) is 0 Å². The van der Waals surface area contributed by atoms with Crippen LogP contribution in [0.4, 0.5) is 0 Å². The van der Waals surface area contributed by atoms with Crippen molar-refractivity contribution in [2.45, 2.75) is 39.3 Å². The Morgan fingerprint density at radius 1 is 1.21 bits per heavy atom. The number of nitrogens with one attached hydrogen (secondary N) is 2. The summed E-state index contributed by atoms with van der Waals surface area (Å²) in [6, 6.07) is -0.0870. The Balaban J connectivity index is 3.61. The minimum Gasteiger partial charge on any atom is -0.352 e. The average Bonchev–Trinajstić information content (AvgIpc) is 1.98. The second-order valence-electron chi connectivity index (χ2n) is 3.68. The molecule has 5 heteroatoms. The Hall–Kier alpha value is -1.10. The number of carbonyl (C=O) groups is 2. The van der Waals surface area contributed by atoms with Gasteiger partial charge in [-0.2, -0.15) is 0 Å². The van der Waals surface area contributed by atoms with Gasteiger partial charge in [-0.25, -0.2) is 0 Å². The summed E-state index contributed by atoms with van der Waals surface area (Å²) >= 11 is 0. The molecule has 0 aliphatic heterocycles. The number of carbonyl (C=O) groups excluding carboxylic acids is 2. The molecule has 0 aromatic carbocycles. The van der Waals surface area contributed by atoms with Crippen LogP contribution in [-0.2, 0) is 9.59 Å². The van der Waals surface area contributed by atoms with E-state index in [9.17, 15) is 9.59 Å². The predicted molar refractivity (Wildman–Crippen MR) is 54.6 cm³/mol. The molecule has 1 unspecified atom stereocenters. The molecule has 0 aliphatic carbocycles. The highest BCUT2D eigenvalue weighted by atomic mass is 16.2. The van der Waals surface area contributed by atoms with E-state index in [1.807, 2.05) is 13.8 Å². The predicted octanol–water partition coefficient (Wildman–Crippen LogP) is -0.635. The molecule has 1 atom stereocenters. The van der Waals surface area contributed by atoms with Crippen LogP contribution >= 0.6 is 0 Å². The van der Waals surface area contributed by atoms with Crippen molar-refractivity contribution in [2.24, 2.45) is 5.73 Å². The molecule has 4 N–H and O–H groups in total. The highest BCUT2D eigenvalue weighted by Gasteiger charge is 2.07. The molecule has 0 saturated heterocycles. The molecule has 0 bridgehead atoms. The lowest BCUT2D eigenvalue weighted by molar-refractivity contribution is -0.126. The minimum absolute atomic E-state index is 0.0176. The van der Waals surface area contributed by atoms with Gasteiger partial charge in [0.15, 0.2) is 0 Å². The van der Waals surface area contributed by atoms with Gasteiger partial charge in [-0.15, -0.1) is 0 Å². The van der Waals surface area contributed by atoms with Crippen LogP contribution in [0.1, 0.15) is 27.2 Å². The van der Waals surface area contributed by atoms with Crippen molar-refractivity contribution in [3.8, 4) is 0 Å². The molecule has 2 amide bonds. The van der Waals surface area contributed by atoms with E-state index in [2.05, 4.69) is 10.6 Å². The van der Waals surface area contributed by atoms with Crippen LogP contribution < -0.4 is 16.4 Å². The lowest BCUT2D eigenvalue weighted by Gasteiger charge is -2.09. The number of nitrogens with two attached hydrogens (primary N) is 1. The monoisotopic (exact) mass is 201 g/mol. The van der Waals surface area contributed by atoms with Crippen molar-refractivity contribution >= 4 is 11.8 Å². The van der Waals surface area contributed by atoms with Gasteiger partial charge in [0.1, 0.15) is 0 Å². The topological polar surface area (TPSA) is 84.2 Å². The third kappa shape index (κ3) is 7.54. The van der Waals surface area contributed by atoms with Crippen LogP contribution in [0.5, 0.6) is 0 Å². The summed E-state index contributed by atoms with van der Waals surface area (Å²) in [5.74, 6) is -0.378. The van der Waals surface area contributed by atoms with Crippen LogP contribution in [0.15, 0.2) is 0 Å². The van der Waals surface area contributed by atoms with E-state index in [1.165, 1.54) is 0 Å². The molecular formula is C9H19N3O2. The molecule has 0 heterocycles. The molecule has 0 aromatic heterocycles. The molecule has 0 radical (unpaired) electrons. The van der Waals surface area contributed by atoms with E-state index >= 15 is 0 Å². The fraction of sp³-hybridized carbons (Fsp3) is 0.778. The molecule has 0 rings (SSSR count). The molecule has 0 saturated carbocycles. The first-order valence-electron chi connectivity index (χ1n) is 4.73. The van der Waals surface area contributed by atoms with Crippen molar-refractivity contribution in [2.75, 3.05) is 6.54 Å². The minimum atomic E-state index is -0.195. The van der Waals surface area contributed by atoms with Crippen LogP contribution in [0, 0.1) is 0 Å². The molecule has 0 spiro atoms. The van der Waals surface area contributed by atoms with E-state index in [-0.39, 0.29) is 36.9 Å². The maximum absolute atomic E-state index is 11.1. The summed E-state index contributed by atoms with van der Waals surface area (Å²) < 4.78 is 0. The summed E-state index contributed by atoms with van der Waals surface area (Å²) in [4.78, 5) is 22.2. The average molecular weight is 201 g/mol. The highest BCUT2D eigenvalue weighted by Crippen LogP contribution is 1.84. The van der Waals surface area contributed by atoms with Gasteiger partial charge < -0.3 is 16.4 Å². The standard InChI is InChI=1S/C9H19N3O2/c1-6(2)12-9(14)5-11-8(13)4-7(3)10/h6-7H,4-5,10H2,1-3H3,(H,11,13)(H,12,14). The van der Waals surface area contributed by atoms with Crippen molar-refractivity contribution in [3.63, 3.8) is 0 Å². The summed E-state index contributed by atoms with van der Waals surface area (Å²) in [5.41, 5.74) is 5.42. The molecule has 0 aromatic rings. The van der Waals surface area contributed by atoms with Gasteiger partial charge in [0, 0.05) is 18.5 Å². The molecule has 14 heavy (non-hydrogen) atoms. The Labute approximate surface area is 84.4 Å². The third-order valence-corrected chi connectivity index (χ3v) is 1.40. The Bertz CT molecular complexity index is 180. The van der Waals surface area contributed by atoms with Crippen molar-refractivity contribution in [3.05, 3.63) is 0 Å².